The van der Waals surface area contributed by atoms with Crippen LogP contribution in [0.1, 0.15) is 11.1 Å². The molecule has 0 atom stereocenters. The normalized spacial score (nSPS) is 11.1. The van der Waals surface area contributed by atoms with Crippen molar-refractivity contribution in [2.75, 3.05) is 0 Å². The van der Waals surface area contributed by atoms with Gasteiger partial charge in [0.2, 0.25) is 0 Å². The van der Waals surface area contributed by atoms with Crippen LogP contribution in [0.3, 0.4) is 0 Å². The molecule has 2 aromatic heterocycles. The molecule has 3 heteroatoms. The molecule has 2 aromatic carbocycles. The fraction of sp³-hybridized carbons (Fsp3) is 0.143. The third-order valence-corrected chi connectivity index (χ3v) is 7.23. The first-order chi connectivity index (χ1) is 11.6. The number of hydrogen-bond acceptors (Lipinski definition) is 0. The SMILES string of the molecule is [C-]#[N+]c1c(C)ccc2c1[se]c1c(-c3cccc[n+]3C)c(C)ccc12. The summed E-state index contributed by atoms with van der Waals surface area (Å²) in [6, 6.07) is 15.1. The summed E-state index contributed by atoms with van der Waals surface area (Å²) in [7, 11) is 2.10. The summed E-state index contributed by atoms with van der Waals surface area (Å²) in [5.74, 6) is 0. The Balaban J connectivity index is 2.20. The van der Waals surface area contributed by atoms with Gasteiger partial charge in [-0.25, -0.2) is 0 Å². The average Bonchev–Trinajstić information content (AvgIpc) is 2.94. The van der Waals surface area contributed by atoms with Crippen molar-refractivity contribution >= 4 is 39.5 Å². The predicted molar refractivity (Wildman–Crippen MR) is 101 cm³/mol. The van der Waals surface area contributed by atoms with Crippen molar-refractivity contribution in [2.45, 2.75) is 13.8 Å². The van der Waals surface area contributed by atoms with E-state index in [0.717, 1.165) is 11.3 Å². The number of aromatic nitrogens is 1. The second-order valence-electron chi connectivity index (χ2n) is 6.15. The van der Waals surface area contributed by atoms with E-state index in [1.807, 2.05) is 6.92 Å². The molecule has 2 nitrogen and oxygen atoms in total. The molecule has 0 fully saturated rings. The zero-order valence-electron chi connectivity index (χ0n) is 13.9. The number of rotatable bonds is 1. The summed E-state index contributed by atoms with van der Waals surface area (Å²) in [6.45, 7) is 11.8. The molecule has 0 radical (unpaired) electrons. The monoisotopic (exact) mass is 377 g/mol. The number of pyridine rings is 1. The molecule has 0 saturated carbocycles. The Morgan fingerprint density at radius 1 is 0.917 bits per heavy atom. The van der Waals surface area contributed by atoms with Gasteiger partial charge in [-0.1, -0.05) is 0 Å². The van der Waals surface area contributed by atoms with Crippen molar-refractivity contribution in [1.29, 1.82) is 0 Å². The van der Waals surface area contributed by atoms with E-state index in [1.165, 1.54) is 36.1 Å². The van der Waals surface area contributed by atoms with Crippen LogP contribution in [0, 0.1) is 20.4 Å². The number of aryl methyl sites for hydroxylation is 3. The van der Waals surface area contributed by atoms with Gasteiger partial charge in [0.05, 0.1) is 0 Å². The van der Waals surface area contributed by atoms with Crippen LogP contribution in [-0.2, 0) is 7.05 Å². The first-order valence-corrected chi connectivity index (χ1v) is 9.61. The van der Waals surface area contributed by atoms with Crippen LogP contribution in [0.4, 0.5) is 5.69 Å². The van der Waals surface area contributed by atoms with Gasteiger partial charge in [-0.2, -0.15) is 0 Å². The molecule has 0 amide bonds. The summed E-state index contributed by atoms with van der Waals surface area (Å²) in [6.07, 6.45) is 2.10. The van der Waals surface area contributed by atoms with Crippen molar-refractivity contribution in [3.8, 4) is 11.3 Å². The van der Waals surface area contributed by atoms with E-state index in [0.29, 0.717) is 0 Å². The van der Waals surface area contributed by atoms with Gasteiger partial charge in [0, 0.05) is 0 Å². The standard InChI is InChI=1S/C21H17N2Se/c1-13-8-10-15-16-11-9-14(2)19(22-3)21(16)24-20(15)18(13)17-7-5-6-12-23(17)4/h5-12H,1-2,4H3/q+1. The molecule has 0 aliphatic carbocycles. The molecular formula is C21H17N2Se+. The van der Waals surface area contributed by atoms with Crippen molar-refractivity contribution in [3.05, 3.63) is 71.2 Å². The van der Waals surface area contributed by atoms with Crippen LogP contribution in [0.25, 0.3) is 35.4 Å². The Hall–Kier alpha value is -2.40. The number of benzene rings is 2. The van der Waals surface area contributed by atoms with Gasteiger partial charge in [-0.15, -0.1) is 0 Å². The Labute approximate surface area is 147 Å². The molecule has 4 aromatic rings. The molecule has 0 spiro atoms. The van der Waals surface area contributed by atoms with Crippen molar-refractivity contribution in [3.63, 3.8) is 0 Å². The van der Waals surface area contributed by atoms with Crippen LogP contribution in [-0.4, -0.2) is 14.5 Å². The van der Waals surface area contributed by atoms with Gasteiger partial charge in [0.1, 0.15) is 0 Å². The van der Waals surface area contributed by atoms with Gasteiger partial charge >= 0.3 is 147 Å². The zero-order valence-corrected chi connectivity index (χ0v) is 15.6. The van der Waals surface area contributed by atoms with Crippen molar-refractivity contribution in [2.24, 2.45) is 7.05 Å². The fourth-order valence-electron chi connectivity index (χ4n) is 3.33. The fourth-order valence-corrected chi connectivity index (χ4v) is 6.37. The second kappa shape index (κ2) is 5.60. The average molecular weight is 376 g/mol. The topological polar surface area (TPSA) is 8.24 Å². The Kier molecular flexibility index (Phi) is 3.53. The maximum absolute atomic E-state index is 7.59. The summed E-state index contributed by atoms with van der Waals surface area (Å²) in [4.78, 5) is 3.83. The summed E-state index contributed by atoms with van der Waals surface area (Å²) in [5, 5.41) is 2.56. The first-order valence-electron chi connectivity index (χ1n) is 7.89. The number of nitrogens with zero attached hydrogens (tertiary/aromatic N) is 2. The molecule has 0 bridgehead atoms. The third kappa shape index (κ3) is 2.12. The van der Waals surface area contributed by atoms with Gasteiger partial charge in [0.15, 0.2) is 0 Å². The van der Waals surface area contributed by atoms with Gasteiger partial charge < -0.3 is 0 Å². The summed E-state index contributed by atoms with van der Waals surface area (Å²) < 4.78 is 4.84. The van der Waals surface area contributed by atoms with E-state index in [-0.39, 0.29) is 14.5 Å². The Morgan fingerprint density at radius 2 is 1.62 bits per heavy atom. The van der Waals surface area contributed by atoms with Crippen LogP contribution < -0.4 is 4.57 Å². The second-order valence-corrected chi connectivity index (χ2v) is 8.29. The zero-order chi connectivity index (χ0) is 16.8. The minimum absolute atomic E-state index is 0.167. The first kappa shape index (κ1) is 15.1. The quantitative estimate of drug-likeness (QED) is 0.258. The molecule has 0 aliphatic rings. The summed E-state index contributed by atoms with van der Waals surface area (Å²) in [5.41, 5.74) is 5.81. The van der Waals surface area contributed by atoms with E-state index in [2.05, 4.69) is 72.0 Å². The number of fused-ring (bicyclic) bond motifs is 3. The van der Waals surface area contributed by atoms with Crippen LogP contribution >= 0.6 is 0 Å². The van der Waals surface area contributed by atoms with Gasteiger partial charge in [-0.05, 0) is 0 Å². The van der Waals surface area contributed by atoms with Crippen LogP contribution in [0.15, 0.2) is 48.7 Å². The Morgan fingerprint density at radius 3 is 2.33 bits per heavy atom. The van der Waals surface area contributed by atoms with Crippen LogP contribution in [0.2, 0.25) is 0 Å². The predicted octanol–water partition coefficient (Wildman–Crippen LogP) is 4.71. The van der Waals surface area contributed by atoms with E-state index in [1.54, 1.807) is 0 Å². The molecule has 4 rings (SSSR count). The van der Waals surface area contributed by atoms with Crippen molar-refractivity contribution in [1.82, 2.24) is 0 Å². The molecule has 0 N–H and O–H groups in total. The van der Waals surface area contributed by atoms with E-state index >= 15 is 0 Å². The van der Waals surface area contributed by atoms with E-state index in [9.17, 15) is 0 Å². The molecule has 2 heterocycles. The third-order valence-electron chi connectivity index (χ3n) is 4.62. The van der Waals surface area contributed by atoms with E-state index < -0.39 is 0 Å². The maximum atomic E-state index is 7.59. The van der Waals surface area contributed by atoms with Crippen molar-refractivity contribution < 1.29 is 4.57 Å². The van der Waals surface area contributed by atoms with Gasteiger partial charge in [-0.3, -0.25) is 0 Å². The minimum atomic E-state index is 0.167. The molecule has 0 saturated heterocycles. The van der Waals surface area contributed by atoms with Crippen LogP contribution in [0.5, 0.6) is 0 Å². The van der Waals surface area contributed by atoms with E-state index in [4.69, 9.17) is 6.57 Å². The number of hydrogen-bond donors (Lipinski definition) is 0. The summed E-state index contributed by atoms with van der Waals surface area (Å²) >= 11 is 0.167. The molecule has 24 heavy (non-hydrogen) atoms. The molecule has 116 valence electrons. The van der Waals surface area contributed by atoms with Gasteiger partial charge in [0.25, 0.3) is 0 Å². The Bertz CT molecular complexity index is 1150. The molecule has 0 aliphatic heterocycles. The molecule has 0 unspecified atom stereocenters. The molecular weight excluding hydrogens is 359 g/mol.